The summed E-state index contributed by atoms with van der Waals surface area (Å²) in [6.45, 7) is 0. The molecule has 0 aliphatic carbocycles. The van der Waals surface area contributed by atoms with E-state index in [2.05, 4.69) is 15.6 Å². The molecule has 2 aliphatic rings. The van der Waals surface area contributed by atoms with Crippen LogP contribution in [0, 0.1) is 0 Å². The summed E-state index contributed by atoms with van der Waals surface area (Å²) in [4.78, 5) is 0. The summed E-state index contributed by atoms with van der Waals surface area (Å²) in [7, 11) is -2.70. The van der Waals surface area contributed by atoms with Gasteiger partial charge in [-0.3, -0.25) is 0 Å². The number of sulfone groups is 1. The summed E-state index contributed by atoms with van der Waals surface area (Å²) in [5.41, 5.74) is 0. The van der Waals surface area contributed by atoms with Gasteiger partial charge in [-0.1, -0.05) is 0 Å². The summed E-state index contributed by atoms with van der Waals surface area (Å²) in [5.74, 6) is 0.751. The predicted octanol–water partition coefficient (Wildman–Crippen LogP) is -0.112. The molecule has 2 atom stereocenters. The SMILES string of the molecule is O=S1(=O)C[C@@H]2SC(=[Se])S[C@@H]2C1. The molecule has 6 heteroatoms. The minimum atomic E-state index is -2.70. The number of fused-ring (bicyclic) bond motifs is 1. The van der Waals surface area contributed by atoms with Crippen LogP contribution in [-0.2, 0) is 9.84 Å². The van der Waals surface area contributed by atoms with E-state index < -0.39 is 9.84 Å². The molecule has 2 rings (SSSR count). The van der Waals surface area contributed by atoms with Crippen LogP contribution in [0.3, 0.4) is 0 Å². The third kappa shape index (κ3) is 1.70. The fraction of sp³-hybridized carbons (Fsp3) is 0.800. The maximum absolute atomic E-state index is 11.1. The van der Waals surface area contributed by atoms with Crippen molar-refractivity contribution in [2.24, 2.45) is 0 Å². The van der Waals surface area contributed by atoms with Crippen LogP contribution in [-0.4, -0.2) is 49.1 Å². The van der Waals surface area contributed by atoms with Gasteiger partial charge in [-0.25, -0.2) is 0 Å². The summed E-state index contributed by atoms with van der Waals surface area (Å²) in [5, 5.41) is 0.641. The third-order valence-corrected chi connectivity index (χ3v) is 7.84. The molecule has 0 N–H and O–H groups in total. The molecule has 0 aromatic carbocycles. The molecule has 2 fully saturated rings. The number of hydrogen-bond acceptors (Lipinski definition) is 4. The zero-order chi connectivity index (χ0) is 8.06. The molecule has 0 aromatic heterocycles. The van der Waals surface area contributed by atoms with Crippen molar-refractivity contribution < 1.29 is 8.42 Å². The average molecular weight is 273 g/mol. The Bertz CT molecular complexity index is 275. The Morgan fingerprint density at radius 1 is 1.27 bits per heavy atom. The van der Waals surface area contributed by atoms with Crippen molar-refractivity contribution in [3.8, 4) is 0 Å². The van der Waals surface area contributed by atoms with Gasteiger partial charge in [0, 0.05) is 0 Å². The molecule has 2 saturated heterocycles. The van der Waals surface area contributed by atoms with Crippen LogP contribution in [0.5, 0.6) is 0 Å². The molecule has 2 nitrogen and oxygen atoms in total. The van der Waals surface area contributed by atoms with E-state index in [0.29, 0.717) is 22.0 Å². The Kier molecular flexibility index (Phi) is 2.17. The Morgan fingerprint density at radius 3 is 2.18 bits per heavy atom. The zero-order valence-corrected chi connectivity index (χ0v) is 9.68. The first kappa shape index (κ1) is 8.63. The van der Waals surface area contributed by atoms with Crippen LogP contribution in [0.25, 0.3) is 0 Å². The summed E-state index contributed by atoms with van der Waals surface area (Å²) < 4.78 is 23.4. The van der Waals surface area contributed by atoms with Gasteiger partial charge in [0.05, 0.1) is 0 Å². The van der Waals surface area contributed by atoms with Gasteiger partial charge in [0.15, 0.2) is 0 Å². The molecular weight excluding hydrogens is 267 g/mol. The molecule has 0 bridgehead atoms. The molecular formula is C5H6O2S3Se. The molecule has 0 amide bonds. The molecule has 2 heterocycles. The Balaban J connectivity index is 2.22. The summed E-state index contributed by atoms with van der Waals surface area (Å²) >= 11 is 6.31. The van der Waals surface area contributed by atoms with Gasteiger partial charge in [0.25, 0.3) is 0 Å². The molecule has 0 unspecified atom stereocenters. The van der Waals surface area contributed by atoms with Crippen LogP contribution < -0.4 is 0 Å². The summed E-state index contributed by atoms with van der Waals surface area (Å²) in [6, 6.07) is 0. The van der Waals surface area contributed by atoms with Gasteiger partial charge in [-0.15, -0.1) is 0 Å². The van der Waals surface area contributed by atoms with Crippen molar-refractivity contribution in [1.82, 2.24) is 0 Å². The van der Waals surface area contributed by atoms with Crippen molar-refractivity contribution in [2.45, 2.75) is 10.5 Å². The molecule has 0 spiro atoms. The fourth-order valence-corrected chi connectivity index (χ4v) is 8.76. The first-order chi connectivity index (χ1) is 5.07. The number of rotatable bonds is 0. The van der Waals surface area contributed by atoms with E-state index in [4.69, 9.17) is 0 Å². The molecule has 62 valence electrons. The third-order valence-electron chi connectivity index (χ3n) is 1.75. The van der Waals surface area contributed by atoms with E-state index in [-0.39, 0.29) is 0 Å². The van der Waals surface area contributed by atoms with Crippen molar-refractivity contribution in [2.75, 3.05) is 11.5 Å². The van der Waals surface area contributed by atoms with Gasteiger partial charge in [0.2, 0.25) is 0 Å². The normalized spacial score (nSPS) is 40.9. The molecule has 0 aromatic rings. The monoisotopic (exact) mass is 274 g/mol. The Labute approximate surface area is 82.2 Å². The maximum atomic E-state index is 11.1. The van der Waals surface area contributed by atoms with E-state index >= 15 is 0 Å². The first-order valence-electron chi connectivity index (χ1n) is 3.14. The van der Waals surface area contributed by atoms with Crippen LogP contribution in [0.2, 0.25) is 0 Å². The van der Waals surface area contributed by atoms with Gasteiger partial charge in [0.1, 0.15) is 0 Å². The molecule has 2 aliphatic heterocycles. The quantitative estimate of drug-likeness (QED) is 0.577. The van der Waals surface area contributed by atoms with E-state index in [1.54, 1.807) is 23.5 Å². The van der Waals surface area contributed by atoms with E-state index in [0.717, 1.165) is 0 Å². The fourth-order valence-electron chi connectivity index (χ4n) is 1.28. The van der Waals surface area contributed by atoms with Gasteiger partial charge in [-0.05, 0) is 0 Å². The predicted molar refractivity (Wildman–Crippen MR) is 52.2 cm³/mol. The van der Waals surface area contributed by atoms with Crippen molar-refractivity contribution >= 4 is 52.0 Å². The van der Waals surface area contributed by atoms with Gasteiger partial charge >= 0.3 is 82.4 Å². The average Bonchev–Trinajstić information content (AvgIpc) is 2.17. The van der Waals surface area contributed by atoms with Crippen LogP contribution in [0.1, 0.15) is 0 Å². The standard InChI is InChI=1S/C5H6O2S3Se/c6-10(7)1-3-4(2-10)9-5(11)8-3/h3-4H,1-2H2/t3-,4+. The molecule has 0 saturated carbocycles. The first-order valence-corrected chi connectivity index (χ1v) is 7.58. The Hall–Kier alpha value is 1.04. The van der Waals surface area contributed by atoms with E-state index in [1.165, 1.54) is 3.08 Å². The van der Waals surface area contributed by atoms with Gasteiger partial charge < -0.3 is 0 Å². The van der Waals surface area contributed by atoms with Crippen molar-refractivity contribution in [3.63, 3.8) is 0 Å². The van der Waals surface area contributed by atoms with E-state index in [9.17, 15) is 8.42 Å². The van der Waals surface area contributed by atoms with Crippen molar-refractivity contribution in [3.05, 3.63) is 0 Å². The van der Waals surface area contributed by atoms with Crippen LogP contribution in [0.15, 0.2) is 0 Å². The second kappa shape index (κ2) is 2.77. The number of thioether (sulfide) groups is 2. The minimum absolute atomic E-state index is 0.321. The van der Waals surface area contributed by atoms with Crippen molar-refractivity contribution in [1.29, 1.82) is 0 Å². The van der Waals surface area contributed by atoms with Gasteiger partial charge in [-0.2, -0.15) is 0 Å². The second-order valence-corrected chi connectivity index (χ2v) is 9.57. The van der Waals surface area contributed by atoms with E-state index in [1.807, 2.05) is 0 Å². The van der Waals surface area contributed by atoms with Crippen LogP contribution in [0.4, 0.5) is 0 Å². The summed E-state index contributed by atoms with van der Waals surface area (Å²) in [6.07, 6.45) is 0. The van der Waals surface area contributed by atoms with Crippen LogP contribution >= 0.6 is 23.5 Å². The Morgan fingerprint density at radius 2 is 1.73 bits per heavy atom. The topological polar surface area (TPSA) is 34.1 Å². The second-order valence-electron chi connectivity index (χ2n) is 2.64. The zero-order valence-electron chi connectivity index (χ0n) is 5.52. The molecule has 11 heavy (non-hydrogen) atoms. The molecule has 0 radical (unpaired) electrons. The number of hydrogen-bond donors (Lipinski definition) is 0.